The van der Waals surface area contributed by atoms with Crippen molar-refractivity contribution in [3.63, 3.8) is 0 Å². The topological polar surface area (TPSA) is 94.2 Å². The van der Waals surface area contributed by atoms with Gasteiger partial charge in [0.05, 0.1) is 10.7 Å². The first kappa shape index (κ1) is 20.5. The normalized spacial score (nSPS) is 34.7. The predicted octanol–water partition coefficient (Wildman–Crippen LogP) is 4.32. The Morgan fingerprint density at radius 2 is 1.91 bits per heavy atom. The molecular weight excluding hydrogens is 470 g/mol. The second kappa shape index (κ2) is 7.74. The summed E-state index contributed by atoms with van der Waals surface area (Å²) in [6.07, 6.45) is 12.1. The van der Waals surface area contributed by atoms with Crippen molar-refractivity contribution in [2.24, 2.45) is 5.41 Å². The number of rotatable bonds is 3. The molecule has 2 unspecified atom stereocenters. The van der Waals surface area contributed by atoms with E-state index in [2.05, 4.69) is 42.5 Å². The van der Waals surface area contributed by atoms with Crippen molar-refractivity contribution in [2.75, 3.05) is 11.9 Å². The summed E-state index contributed by atoms with van der Waals surface area (Å²) >= 11 is 3.65. The molecule has 7 nitrogen and oxygen atoms in total. The summed E-state index contributed by atoms with van der Waals surface area (Å²) in [5.74, 6) is 1.38. The highest BCUT2D eigenvalue weighted by Crippen LogP contribution is 2.50. The molecule has 1 spiro atoms. The number of anilines is 1. The number of nitriles is 1. The minimum atomic E-state index is 0.229. The van der Waals surface area contributed by atoms with Crippen molar-refractivity contribution in [3.05, 3.63) is 22.5 Å². The van der Waals surface area contributed by atoms with E-state index in [0.717, 1.165) is 41.5 Å². The van der Waals surface area contributed by atoms with E-state index < -0.39 is 0 Å². The van der Waals surface area contributed by atoms with Gasteiger partial charge in [0.1, 0.15) is 11.9 Å². The van der Waals surface area contributed by atoms with Crippen LogP contribution >= 0.6 is 15.9 Å². The lowest BCUT2D eigenvalue weighted by molar-refractivity contribution is -0.120. The molecule has 6 rings (SSSR count). The van der Waals surface area contributed by atoms with Crippen LogP contribution in [-0.2, 0) is 4.79 Å². The Morgan fingerprint density at radius 1 is 1.19 bits per heavy atom. The second-order valence-corrected chi connectivity index (χ2v) is 11.1. The minimum absolute atomic E-state index is 0.229. The average Bonchev–Trinajstić information content (AvgIpc) is 3.45. The molecule has 4 fully saturated rings. The summed E-state index contributed by atoms with van der Waals surface area (Å²) in [6, 6.07) is 6.19. The molecule has 0 radical (unpaired) electrons. The molecule has 2 aromatic heterocycles. The molecule has 0 aromatic carbocycles. The first-order valence-corrected chi connectivity index (χ1v) is 12.6. The van der Waals surface area contributed by atoms with Gasteiger partial charge in [-0.1, -0.05) is 0 Å². The SMILES string of the molecule is N#Cc1cc2c(Br)c(NC3CCC(N4C5CCC4CC4(CNC(=O)C4)C5)CC3)ncc2o1. The summed E-state index contributed by atoms with van der Waals surface area (Å²) < 4.78 is 6.34. The number of nitrogens with zero attached hydrogens (tertiary/aromatic N) is 3. The van der Waals surface area contributed by atoms with E-state index in [4.69, 9.17) is 9.68 Å². The van der Waals surface area contributed by atoms with E-state index in [1.807, 2.05) is 0 Å². The molecule has 1 amide bonds. The molecule has 3 aliphatic heterocycles. The van der Waals surface area contributed by atoms with Gasteiger partial charge < -0.3 is 15.1 Å². The molecule has 168 valence electrons. The van der Waals surface area contributed by atoms with Crippen molar-refractivity contribution < 1.29 is 9.21 Å². The maximum Gasteiger partial charge on any atom is 0.220 e. The van der Waals surface area contributed by atoms with Gasteiger partial charge in [0.25, 0.3) is 0 Å². The molecule has 2 N–H and O–H groups in total. The molecule has 2 bridgehead atoms. The predicted molar refractivity (Wildman–Crippen MR) is 124 cm³/mol. The highest BCUT2D eigenvalue weighted by molar-refractivity contribution is 9.10. The van der Waals surface area contributed by atoms with E-state index in [1.54, 1.807) is 12.3 Å². The number of hydrogen-bond donors (Lipinski definition) is 2. The van der Waals surface area contributed by atoms with E-state index in [1.165, 1.54) is 38.5 Å². The number of aromatic nitrogens is 1. The Bertz CT molecular complexity index is 1090. The number of hydrogen-bond acceptors (Lipinski definition) is 6. The lowest BCUT2D eigenvalue weighted by Crippen LogP contribution is -2.53. The lowest BCUT2D eigenvalue weighted by Gasteiger charge is -2.49. The third kappa shape index (κ3) is 3.41. The molecule has 1 aliphatic carbocycles. The summed E-state index contributed by atoms with van der Waals surface area (Å²) in [7, 11) is 0. The number of piperidine rings is 1. The standard InChI is InChI=1S/C24H28BrN5O2/c25-22-19-7-18(11-26)32-20(19)12-27-23(22)29-14-1-3-15(4-2-14)30-16-5-6-17(30)9-24(8-16)10-21(31)28-13-24/h7,12,14-17H,1-6,8-10,13H2,(H,27,29)(H,28,31). The fourth-order valence-electron chi connectivity index (χ4n) is 6.96. The largest absolute Gasteiger partial charge is 0.444 e. The van der Waals surface area contributed by atoms with Crippen molar-refractivity contribution in [1.29, 1.82) is 5.26 Å². The summed E-state index contributed by atoms with van der Waals surface area (Å²) in [5, 5.41) is 16.7. The summed E-state index contributed by atoms with van der Waals surface area (Å²) in [4.78, 5) is 19.3. The number of carbonyl (C=O) groups is 1. The van der Waals surface area contributed by atoms with Crippen LogP contribution < -0.4 is 10.6 Å². The van der Waals surface area contributed by atoms with Gasteiger partial charge in [0, 0.05) is 48.6 Å². The Hall–Kier alpha value is -2.11. The zero-order chi connectivity index (χ0) is 21.9. The first-order chi connectivity index (χ1) is 15.5. The van der Waals surface area contributed by atoms with Crippen LogP contribution in [0.15, 0.2) is 21.2 Å². The Balaban J connectivity index is 1.10. The molecule has 32 heavy (non-hydrogen) atoms. The monoisotopic (exact) mass is 497 g/mol. The molecule has 3 saturated heterocycles. The lowest BCUT2D eigenvalue weighted by atomic mass is 9.73. The third-order valence-electron chi connectivity index (χ3n) is 8.30. The van der Waals surface area contributed by atoms with Crippen LogP contribution in [0.25, 0.3) is 11.0 Å². The van der Waals surface area contributed by atoms with E-state index in [-0.39, 0.29) is 11.3 Å². The van der Waals surface area contributed by atoms with Crippen LogP contribution in [-0.4, -0.2) is 46.5 Å². The minimum Gasteiger partial charge on any atom is -0.444 e. The number of amides is 1. The molecule has 4 aliphatic rings. The van der Waals surface area contributed by atoms with Crippen LogP contribution in [0.2, 0.25) is 0 Å². The van der Waals surface area contributed by atoms with Crippen molar-refractivity contribution in [3.8, 4) is 6.07 Å². The van der Waals surface area contributed by atoms with E-state index in [9.17, 15) is 4.79 Å². The van der Waals surface area contributed by atoms with Crippen LogP contribution in [0.5, 0.6) is 0 Å². The third-order valence-corrected chi connectivity index (χ3v) is 9.10. The number of halogens is 1. The van der Waals surface area contributed by atoms with Gasteiger partial charge >= 0.3 is 0 Å². The van der Waals surface area contributed by atoms with Gasteiger partial charge in [0.15, 0.2) is 5.58 Å². The number of fused-ring (bicyclic) bond motifs is 3. The first-order valence-electron chi connectivity index (χ1n) is 11.8. The van der Waals surface area contributed by atoms with Gasteiger partial charge in [-0.2, -0.15) is 5.26 Å². The van der Waals surface area contributed by atoms with E-state index in [0.29, 0.717) is 35.5 Å². The van der Waals surface area contributed by atoms with Gasteiger partial charge in [-0.25, -0.2) is 4.98 Å². The molecule has 2 atom stereocenters. The smallest absolute Gasteiger partial charge is 0.220 e. The van der Waals surface area contributed by atoms with Gasteiger partial charge in [-0.05, 0) is 72.7 Å². The Labute approximate surface area is 196 Å². The molecule has 8 heteroatoms. The molecule has 5 heterocycles. The van der Waals surface area contributed by atoms with Crippen molar-refractivity contribution in [2.45, 2.75) is 82.0 Å². The maximum atomic E-state index is 11.9. The van der Waals surface area contributed by atoms with Gasteiger partial charge in [-0.15, -0.1) is 0 Å². The molecule has 2 aromatic rings. The Morgan fingerprint density at radius 3 is 2.56 bits per heavy atom. The number of furan rings is 1. The number of pyridine rings is 1. The second-order valence-electron chi connectivity index (χ2n) is 10.3. The zero-order valence-electron chi connectivity index (χ0n) is 18.1. The van der Waals surface area contributed by atoms with E-state index >= 15 is 0 Å². The quantitative estimate of drug-likeness (QED) is 0.655. The van der Waals surface area contributed by atoms with Gasteiger partial charge in [-0.3, -0.25) is 9.69 Å². The number of carbonyl (C=O) groups excluding carboxylic acids is 1. The summed E-state index contributed by atoms with van der Waals surface area (Å²) in [5.41, 5.74) is 0.855. The average molecular weight is 498 g/mol. The summed E-state index contributed by atoms with van der Waals surface area (Å²) in [6.45, 7) is 0.891. The highest BCUT2D eigenvalue weighted by Gasteiger charge is 2.52. The molecular formula is C24H28BrN5O2. The Kier molecular flexibility index (Phi) is 4.96. The highest BCUT2D eigenvalue weighted by atomic mass is 79.9. The van der Waals surface area contributed by atoms with Crippen LogP contribution in [0.3, 0.4) is 0 Å². The molecule has 1 saturated carbocycles. The fraction of sp³-hybridized carbons (Fsp3) is 0.625. The fourth-order valence-corrected chi connectivity index (χ4v) is 7.49. The maximum absolute atomic E-state index is 11.9. The number of nitrogens with one attached hydrogen (secondary N) is 2. The zero-order valence-corrected chi connectivity index (χ0v) is 19.7. The van der Waals surface area contributed by atoms with Crippen molar-refractivity contribution in [1.82, 2.24) is 15.2 Å². The van der Waals surface area contributed by atoms with Gasteiger partial charge in [0.2, 0.25) is 11.7 Å². The van der Waals surface area contributed by atoms with Crippen LogP contribution in [0.1, 0.15) is 63.5 Å². The van der Waals surface area contributed by atoms with Crippen LogP contribution in [0.4, 0.5) is 5.82 Å². The van der Waals surface area contributed by atoms with Crippen LogP contribution in [0, 0.1) is 16.7 Å². The van der Waals surface area contributed by atoms with Crippen molar-refractivity contribution >= 4 is 38.6 Å².